The van der Waals surface area contributed by atoms with Crippen molar-refractivity contribution in [2.75, 3.05) is 0 Å². The van der Waals surface area contributed by atoms with Gasteiger partial charge in [0.2, 0.25) is 0 Å². The molecule has 9 heteroatoms. The number of alkyl carbamates (subject to hydrolysis) is 1. The molecule has 0 aliphatic heterocycles. The lowest BCUT2D eigenvalue weighted by atomic mass is 10.0. The number of benzene rings is 1. The Balaban J connectivity index is 2.06. The van der Waals surface area contributed by atoms with E-state index >= 15 is 0 Å². The molecular weight excluding hydrogens is 457 g/mol. The lowest BCUT2D eigenvalue weighted by molar-refractivity contribution is -0.137. The molecule has 1 heterocycles. The quantitative estimate of drug-likeness (QED) is 0.554. The number of nitrogens with zero attached hydrogens (tertiary/aromatic N) is 1. The summed E-state index contributed by atoms with van der Waals surface area (Å²) in [7, 11) is 0. The van der Waals surface area contributed by atoms with E-state index < -0.39 is 23.4 Å². The molecule has 4 nitrogen and oxygen atoms in total. The predicted molar refractivity (Wildman–Crippen MR) is 106 cm³/mol. The van der Waals surface area contributed by atoms with Gasteiger partial charge in [-0.05, 0) is 67.2 Å². The van der Waals surface area contributed by atoms with Crippen molar-refractivity contribution in [3.8, 4) is 0 Å². The summed E-state index contributed by atoms with van der Waals surface area (Å²) in [5.41, 5.74) is -0.627. The molecule has 1 aromatic carbocycles. The van der Waals surface area contributed by atoms with Crippen LogP contribution in [0.25, 0.3) is 0 Å². The molecule has 0 aliphatic carbocycles. The second-order valence-electron chi connectivity index (χ2n) is 7.34. The summed E-state index contributed by atoms with van der Waals surface area (Å²) in [4.78, 5) is 16.4. The van der Waals surface area contributed by atoms with Crippen LogP contribution in [0.5, 0.6) is 0 Å². The zero-order valence-electron chi connectivity index (χ0n) is 15.8. The molecule has 0 spiro atoms. The van der Waals surface area contributed by atoms with E-state index in [1.54, 1.807) is 27.0 Å². The predicted octanol–water partition coefficient (Wildman–Crippen LogP) is 5.99. The first-order valence-corrected chi connectivity index (χ1v) is 10.3. The maximum atomic E-state index is 12.7. The van der Waals surface area contributed by atoms with Gasteiger partial charge in [0.1, 0.15) is 5.60 Å². The molecule has 154 valence electrons. The molecule has 0 fully saturated rings. The van der Waals surface area contributed by atoms with E-state index in [1.165, 1.54) is 23.5 Å². The number of ether oxygens (including phenoxy) is 1. The molecule has 0 bridgehead atoms. The van der Waals surface area contributed by atoms with Crippen LogP contribution in [-0.2, 0) is 23.8 Å². The van der Waals surface area contributed by atoms with Gasteiger partial charge in [0.25, 0.3) is 0 Å². The highest BCUT2D eigenvalue weighted by molar-refractivity contribution is 9.11. The van der Waals surface area contributed by atoms with Gasteiger partial charge in [-0.1, -0.05) is 12.1 Å². The van der Waals surface area contributed by atoms with Gasteiger partial charge in [-0.15, -0.1) is 11.3 Å². The van der Waals surface area contributed by atoms with Crippen LogP contribution in [0.3, 0.4) is 0 Å². The molecule has 1 aromatic heterocycles. The van der Waals surface area contributed by atoms with Gasteiger partial charge in [-0.2, -0.15) is 13.2 Å². The third-order valence-electron chi connectivity index (χ3n) is 3.72. The van der Waals surface area contributed by atoms with Crippen LogP contribution in [0.2, 0.25) is 0 Å². The molecule has 2 rings (SSSR count). The fourth-order valence-corrected chi connectivity index (χ4v) is 3.83. The molecule has 0 saturated carbocycles. The number of thiazole rings is 1. The minimum absolute atomic E-state index is 0.297. The molecule has 0 radical (unpaired) electrons. The van der Waals surface area contributed by atoms with Crippen molar-refractivity contribution >= 4 is 33.4 Å². The zero-order chi connectivity index (χ0) is 20.9. The highest BCUT2D eigenvalue weighted by Crippen LogP contribution is 2.29. The molecule has 1 atom stereocenters. The average Bonchev–Trinajstić information content (AvgIpc) is 2.96. The van der Waals surface area contributed by atoms with Crippen LogP contribution in [-0.4, -0.2) is 22.7 Å². The van der Waals surface area contributed by atoms with E-state index in [0.29, 0.717) is 24.8 Å². The van der Waals surface area contributed by atoms with Gasteiger partial charge < -0.3 is 10.1 Å². The van der Waals surface area contributed by atoms with Crippen LogP contribution in [0.4, 0.5) is 18.0 Å². The third-order valence-corrected chi connectivity index (χ3v) is 5.25. The summed E-state index contributed by atoms with van der Waals surface area (Å²) in [5, 5.41) is 3.74. The highest BCUT2D eigenvalue weighted by Gasteiger charge is 2.30. The summed E-state index contributed by atoms with van der Waals surface area (Å²) in [6.07, 6.45) is -1.59. The van der Waals surface area contributed by atoms with E-state index in [9.17, 15) is 18.0 Å². The molecule has 1 N–H and O–H groups in total. The van der Waals surface area contributed by atoms with Crippen molar-refractivity contribution in [2.45, 2.75) is 57.9 Å². The fraction of sp³-hybridized carbons (Fsp3) is 0.474. The topological polar surface area (TPSA) is 51.2 Å². The minimum atomic E-state index is -4.37. The van der Waals surface area contributed by atoms with Crippen molar-refractivity contribution in [1.29, 1.82) is 0 Å². The van der Waals surface area contributed by atoms with E-state index in [0.717, 1.165) is 20.9 Å². The van der Waals surface area contributed by atoms with Crippen molar-refractivity contribution < 1.29 is 22.7 Å². The third kappa shape index (κ3) is 7.79. The van der Waals surface area contributed by atoms with Gasteiger partial charge in [-0.25, -0.2) is 9.78 Å². The van der Waals surface area contributed by atoms with Crippen molar-refractivity contribution in [3.63, 3.8) is 0 Å². The molecule has 28 heavy (non-hydrogen) atoms. The Kier molecular flexibility index (Phi) is 7.50. The number of aromatic nitrogens is 1. The summed E-state index contributed by atoms with van der Waals surface area (Å²) >= 11 is 4.87. The van der Waals surface area contributed by atoms with Gasteiger partial charge in [0.15, 0.2) is 0 Å². The number of halogens is 4. The van der Waals surface area contributed by atoms with Crippen LogP contribution in [0.1, 0.15) is 43.3 Å². The first-order chi connectivity index (χ1) is 12.9. The number of aryl methyl sites for hydroxylation is 1. The van der Waals surface area contributed by atoms with E-state index in [4.69, 9.17) is 4.74 Å². The first-order valence-electron chi connectivity index (χ1n) is 8.68. The SMILES string of the molecule is CC(C)(C)OC(=O)N[C@H](CCc1ncc(Br)s1)Cc1ccc(C(F)(F)F)cc1. The fourth-order valence-electron chi connectivity index (χ4n) is 2.52. The zero-order valence-corrected chi connectivity index (χ0v) is 18.2. The second-order valence-corrected chi connectivity index (χ2v) is 9.83. The summed E-state index contributed by atoms with van der Waals surface area (Å²) < 4.78 is 44.4. The second kappa shape index (κ2) is 9.26. The summed E-state index contributed by atoms with van der Waals surface area (Å²) in [6.45, 7) is 5.31. The standard InChI is InChI=1S/C19H22BrF3N2O2S/c1-18(2,3)27-17(26)25-14(8-9-16-24-11-15(20)28-16)10-12-4-6-13(7-5-12)19(21,22)23/h4-7,11,14H,8-10H2,1-3H3,(H,25,26)/t14-/m1/s1. The molecule has 2 aromatic rings. The maximum Gasteiger partial charge on any atom is 0.416 e. The molecule has 0 aliphatic rings. The first kappa shape index (κ1) is 22.7. The monoisotopic (exact) mass is 478 g/mol. The Morgan fingerprint density at radius 3 is 2.39 bits per heavy atom. The Morgan fingerprint density at radius 2 is 1.89 bits per heavy atom. The number of hydrogen-bond acceptors (Lipinski definition) is 4. The lowest BCUT2D eigenvalue weighted by Crippen LogP contribution is -2.40. The number of carbonyl (C=O) groups excluding carboxylic acids is 1. The number of alkyl halides is 3. The van der Waals surface area contributed by atoms with Crippen molar-refractivity contribution in [2.24, 2.45) is 0 Å². The number of nitrogens with one attached hydrogen (secondary N) is 1. The van der Waals surface area contributed by atoms with Crippen LogP contribution < -0.4 is 5.32 Å². The molecule has 1 amide bonds. The summed E-state index contributed by atoms with van der Waals surface area (Å²) in [6, 6.07) is 4.68. The largest absolute Gasteiger partial charge is 0.444 e. The van der Waals surface area contributed by atoms with Gasteiger partial charge in [0.05, 0.1) is 20.6 Å². The number of hydrogen-bond donors (Lipinski definition) is 1. The number of rotatable bonds is 6. The lowest BCUT2D eigenvalue weighted by Gasteiger charge is -2.24. The normalized spacial score (nSPS) is 13.2. The Labute approximate surface area is 174 Å². The van der Waals surface area contributed by atoms with E-state index in [-0.39, 0.29) is 6.04 Å². The van der Waals surface area contributed by atoms with Gasteiger partial charge in [-0.3, -0.25) is 0 Å². The Hall–Kier alpha value is -1.61. The smallest absolute Gasteiger partial charge is 0.416 e. The number of carbonyl (C=O) groups is 1. The van der Waals surface area contributed by atoms with Crippen molar-refractivity contribution in [3.05, 3.63) is 50.4 Å². The minimum Gasteiger partial charge on any atom is -0.444 e. The summed E-state index contributed by atoms with van der Waals surface area (Å²) in [5.74, 6) is 0. The maximum absolute atomic E-state index is 12.7. The Morgan fingerprint density at radius 1 is 1.25 bits per heavy atom. The van der Waals surface area contributed by atoms with Crippen LogP contribution >= 0.6 is 27.3 Å². The van der Waals surface area contributed by atoms with Crippen LogP contribution in [0.15, 0.2) is 34.2 Å². The Bertz CT molecular complexity index is 786. The molecule has 0 saturated heterocycles. The van der Waals surface area contributed by atoms with Crippen LogP contribution in [0, 0.1) is 0 Å². The number of amides is 1. The molecule has 0 unspecified atom stereocenters. The van der Waals surface area contributed by atoms with Gasteiger partial charge in [0, 0.05) is 12.5 Å². The van der Waals surface area contributed by atoms with E-state index in [2.05, 4.69) is 26.2 Å². The van der Waals surface area contributed by atoms with Gasteiger partial charge >= 0.3 is 12.3 Å². The van der Waals surface area contributed by atoms with E-state index in [1.807, 2.05) is 0 Å². The van der Waals surface area contributed by atoms with Crippen molar-refractivity contribution in [1.82, 2.24) is 10.3 Å². The average molecular weight is 479 g/mol. The molecular formula is C19H22BrF3N2O2S. The highest BCUT2D eigenvalue weighted by atomic mass is 79.9.